The first-order valence-corrected chi connectivity index (χ1v) is 8.12. The molecule has 0 saturated carbocycles. The van der Waals surface area contributed by atoms with Crippen molar-refractivity contribution >= 4 is 17.5 Å². The lowest BCUT2D eigenvalue weighted by atomic mass is 10.0. The monoisotopic (exact) mass is 327 g/mol. The van der Waals surface area contributed by atoms with Gasteiger partial charge >= 0.3 is 0 Å². The van der Waals surface area contributed by atoms with Crippen LogP contribution in [0.25, 0.3) is 0 Å². The van der Waals surface area contributed by atoms with Crippen molar-refractivity contribution in [2.45, 2.75) is 38.3 Å². The number of likely N-dealkylation sites (tertiary alicyclic amines) is 1. The smallest absolute Gasteiger partial charge is 0.220 e. The van der Waals surface area contributed by atoms with E-state index in [0.717, 1.165) is 31.5 Å². The van der Waals surface area contributed by atoms with Gasteiger partial charge in [-0.15, -0.1) is 0 Å². The molecule has 1 unspecified atom stereocenters. The van der Waals surface area contributed by atoms with Crippen molar-refractivity contribution in [1.29, 1.82) is 0 Å². The van der Waals surface area contributed by atoms with E-state index in [1.165, 1.54) is 12.1 Å². The van der Waals surface area contributed by atoms with Gasteiger partial charge in [0.2, 0.25) is 5.91 Å². The number of carbonyl (C=O) groups is 1. The number of piperidine rings is 1. The maximum Gasteiger partial charge on any atom is 0.220 e. The quantitative estimate of drug-likeness (QED) is 0.843. The lowest BCUT2D eigenvalue weighted by Crippen LogP contribution is -2.47. The molecule has 1 saturated heterocycles. The van der Waals surface area contributed by atoms with Gasteiger partial charge in [0.05, 0.1) is 0 Å². The van der Waals surface area contributed by atoms with Crippen LogP contribution in [0.1, 0.15) is 31.2 Å². The van der Waals surface area contributed by atoms with Crippen molar-refractivity contribution in [3.63, 3.8) is 0 Å². The Morgan fingerprint density at radius 3 is 3.05 bits per heavy atom. The largest absolute Gasteiger partial charge is 0.352 e. The first-order valence-electron chi connectivity index (χ1n) is 7.74. The molecule has 22 heavy (non-hydrogen) atoms. The maximum atomic E-state index is 13.1. The second-order valence-corrected chi connectivity index (χ2v) is 6.18. The van der Waals surface area contributed by atoms with Gasteiger partial charge in [-0.05, 0) is 50.0 Å². The number of halogens is 2. The van der Waals surface area contributed by atoms with Crippen molar-refractivity contribution in [3.05, 3.63) is 34.6 Å². The molecule has 0 aliphatic carbocycles. The fourth-order valence-electron chi connectivity index (χ4n) is 2.77. The summed E-state index contributed by atoms with van der Waals surface area (Å²) in [6.45, 7) is 2.96. The normalized spacial score (nSPS) is 19.1. The molecule has 3 N–H and O–H groups in total. The molecular weight excluding hydrogens is 305 g/mol. The number of benzene rings is 1. The van der Waals surface area contributed by atoms with Gasteiger partial charge in [0.1, 0.15) is 5.82 Å². The lowest BCUT2D eigenvalue weighted by Gasteiger charge is -2.33. The van der Waals surface area contributed by atoms with Gasteiger partial charge in [0.25, 0.3) is 0 Å². The molecule has 1 amide bonds. The number of nitrogens with one attached hydrogen (secondary N) is 1. The number of carbonyl (C=O) groups excluding carboxylic acids is 1. The van der Waals surface area contributed by atoms with Crippen molar-refractivity contribution in [1.82, 2.24) is 10.2 Å². The Morgan fingerprint density at radius 2 is 2.32 bits per heavy atom. The van der Waals surface area contributed by atoms with Gasteiger partial charge in [0, 0.05) is 30.6 Å². The number of nitrogens with two attached hydrogens (primary N) is 1. The molecule has 1 aliphatic rings. The van der Waals surface area contributed by atoms with Crippen LogP contribution >= 0.6 is 11.6 Å². The molecule has 4 nitrogen and oxygen atoms in total. The molecule has 1 aromatic rings. The Kier molecular flexibility index (Phi) is 6.61. The van der Waals surface area contributed by atoms with E-state index in [9.17, 15) is 9.18 Å². The molecule has 1 aliphatic heterocycles. The van der Waals surface area contributed by atoms with Crippen molar-refractivity contribution in [2.75, 3.05) is 19.6 Å². The van der Waals surface area contributed by atoms with Gasteiger partial charge in [-0.1, -0.05) is 17.7 Å². The first-order chi connectivity index (χ1) is 10.6. The highest BCUT2D eigenvalue weighted by Crippen LogP contribution is 2.21. The molecule has 2 rings (SSSR count). The van der Waals surface area contributed by atoms with E-state index in [0.29, 0.717) is 31.0 Å². The SMILES string of the molecule is NCCCC(=O)NC1CCCN(Cc2ccc(F)cc2Cl)C1. The summed E-state index contributed by atoms with van der Waals surface area (Å²) in [5.41, 5.74) is 6.33. The Morgan fingerprint density at radius 1 is 1.50 bits per heavy atom. The van der Waals surface area contributed by atoms with Crippen molar-refractivity contribution < 1.29 is 9.18 Å². The summed E-state index contributed by atoms with van der Waals surface area (Å²) in [6.07, 6.45) is 3.22. The highest BCUT2D eigenvalue weighted by atomic mass is 35.5. The summed E-state index contributed by atoms with van der Waals surface area (Å²) in [6, 6.07) is 4.66. The van der Waals surface area contributed by atoms with Gasteiger partial charge in [-0.2, -0.15) is 0 Å². The van der Waals surface area contributed by atoms with Crippen LogP contribution in [-0.4, -0.2) is 36.5 Å². The Labute approximate surface area is 135 Å². The Bertz CT molecular complexity index is 512. The summed E-state index contributed by atoms with van der Waals surface area (Å²) in [7, 11) is 0. The highest BCUT2D eigenvalue weighted by molar-refractivity contribution is 6.31. The Hall–Kier alpha value is -1.17. The molecule has 1 atom stereocenters. The summed E-state index contributed by atoms with van der Waals surface area (Å²) >= 11 is 6.08. The summed E-state index contributed by atoms with van der Waals surface area (Å²) in [5.74, 6) is -0.255. The number of amides is 1. The molecule has 0 radical (unpaired) electrons. The number of hydrogen-bond acceptors (Lipinski definition) is 3. The van der Waals surface area contributed by atoms with Gasteiger partial charge in [-0.25, -0.2) is 4.39 Å². The minimum Gasteiger partial charge on any atom is -0.352 e. The van der Waals surface area contributed by atoms with Gasteiger partial charge < -0.3 is 11.1 Å². The van der Waals surface area contributed by atoms with E-state index < -0.39 is 0 Å². The zero-order chi connectivity index (χ0) is 15.9. The first kappa shape index (κ1) is 17.2. The maximum absolute atomic E-state index is 13.1. The number of rotatable bonds is 6. The van der Waals surface area contributed by atoms with Crippen LogP contribution in [0.4, 0.5) is 4.39 Å². The second-order valence-electron chi connectivity index (χ2n) is 5.77. The molecule has 1 fully saturated rings. The van der Waals surface area contributed by atoms with Crippen LogP contribution in [-0.2, 0) is 11.3 Å². The third-order valence-electron chi connectivity index (χ3n) is 3.89. The highest BCUT2D eigenvalue weighted by Gasteiger charge is 2.21. The van der Waals surface area contributed by atoms with E-state index in [1.807, 2.05) is 0 Å². The molecule has 1 aromatic carbocycles. The van der Waals surface area contributed by atoms with Crippen LogP contribution in [0.15, 0.2) is 18.2 Å². The van der Waals surface area contributed by atoms with E-state index in [4.69, 9.17) is 17.3 Å². The molecule has 0 aromatic heterocycles. The zero-order valence-electron chi connectivity index (χ0n) is 12.7. The second kappa shape index (κ2) is 8.46. The van der Waals surface area contributed by atoms with Crippen LogP contribution in [0.5, 0.6) is 0 Å². The molecule has 0 spiro atoms. The van der Waals surface area contributed by atoms with Crippen molar-refractivity contribution in [3.8, 4) is 0 Å². The average Bonchev–Trinajstić information content (AvgIpc) is 2.48. The van der Waals surface area contributed by atoms with Crippen LogP contribution < -0.4 is 11.1 Å². The van der Waals surface area contributed by atoms with Gasteiger partial charge in [0.15, 0.2) is 0 Å². The van der Waals surface area contributed by atoms with Crippen LogP contribution in [0, 0.1) is 5.82 Å². The van der Waals surface area contributed by atoms with Gasteiger partial charge in [-0.3, -0.25) is 9.69 Å². The fourth-order valence-corrected chi connectivity index (χ4v) is 3.00. The van der Waals surface area contributed by atoms with E-state index in [2.05, 4.69) is 10.2 Å². The Balaban J connectivity index is 1.86. The zero-order valence-corrected chi connectivity index (χ0v) is 13.4. The number of nitrogens with zero attached hydrogens (tertiary/aromatic N) is 1. The minimum atomic E-state index is -0.322. The van der Waals surface area contributed by atoms with E-state index >= 15 is 0 Å². The summed E-state index contributed by atoms with van der Waals surface area (Å²) < 4.78 is 13.1. The van der Waals surface area contributed by atoms with Crippen LogP contribution in [0.3, 0.4) is 0 Å². The van der Waals surface area contributed by atoms with E-state index in [-0.39, 0.29) is 17.8 Å². The lowest BCUT2D eigenvalue weighted by molar-refractivity contribution is -0.122. The summed E-state index contributed by atoms with van der Waals surface area (Å²) in [4.78, 5) is 14.0. The minimum absolute atomic E-state index is 0.0668. The third kappa shape index (κ3) is 5.23. The van der Waals surface area contributed by atoms with E-state index in [1.54, 1.807) is 6.07 Å². The topological polar surface area (TPSA) is 58.4 Å². The number of hydrogen-bond donors (Lipinski definition) is 2. The average molecular weight is 328 g/mol. The van der Waals surface area contributed by atoms with Crippen molar-refractivity contribution in [2.24, 2.45) is 5.73 Å². The standard InChI is InChI=1S/C16H23ClFN3O/c17-15-9-13(18)6-5-12(15)10-21-8-2-3-14(11-21)20-16(22)4-1-7-19/h5-6,9,14H,1-4,7-8,10-11,19H2,(H,20,22). The molecule has 1 heterocycles. The molecule has 6 heteroatoms. The fraction of sp³-hybridized carbons (Fsp3) is 0.562. The van der Waals surface area contributed by atoms with Crippen LogP contribution in [0.2, 0.25) is 5.02 Å². The third-order valence-corrected chi connectivity index (χ3v) is 4.24. The molecular formula is C16H23ClFN3O. The molecule has 122 valence electrons. The predicted molar refractivity (Wildman–Crippen MR) is 86.1 cm³/mol. The predicted octanol–water partition coefficient (Wildman–Crippen LogP) is 2.30. The summed E-state index contributed by atoms with van der Waals surface area (Å²) in [5, 5.41) is 3.52. The molecule has 0 bridgehead atoms.